The number of benzene rings is 3. The van der Waals surface area contributed by atoms with Crippen molar-refractivity contribution in [3.8, 4) is 16.9 Å². The predicted octanol–water partition coefficient (Wildman–Crippen LogP) is 4.30. The van der Waals surface area contributed by atoms with E-state index in [1.165, 1.54) is 0 Å². The average Bonchev–Trinajstić information content (AvgIpc) is 3.32. The average molecular weight is 397 g/mol. The van der Waals surface area contributed by atoms with E-state index >= 15 is 0 Å². The number of phenolic OH excluding ortho intramolecular Hbond substituents is 1. The first kappa shape index (κ1) is 18.3. The SMILES string of the molecule is O=C(Cc1ccc2c(c1)C(=O)c1ccccc1-2)CC1CC(c2ccc(O)cc2)=NO1. The van der Waals surface area contributed by atoms with Gasteiger partial charge >= 0.3 is 0 Å². The molecule has 0 bridgehead atoms. The van der Waals surface area contributed by atoms with Crippen LogP contribution in [0.3, 0.4) is 0 Å². The van der Waals surface area contributed by atoms with Gasteiger partial charge in [-0.15, -0.1) is 0 Å². The second-order valence-corrected chi connectivity index (χ2v) is 7.69. The molecular weight excluding hydrogens is 378 g/mol. The van der Waals surface area contributed by atoms with Crippen molar-refractivity contribution >= 4 is 17.3 Å². The molecule has 1 unspecified atom stereocenters. The lowest BCUT2D eigenvalue weighted by Crippen LogP contribution is -2.16. The summed E-state index contributed by atoms with van der Waals surface area (Å²) >= 11 is 0. The van der Waals surface area contributed by atoms with Crippen LogP contribution in [0, 0.1) is 0 Å². The van der Waals surface area contributed by atoms with Crippen molar-refractivity contribution in [3.63, 3.8) is 0 Å². The normalized spacial score (nSPS) is 16.6. The maximum atomic E-state index is 12.7. The molecule has 0 saturated carbocycles. The molecule has 1 N–H and O–H groups in total. The molecule has 0 saturated heterocycles. The monoisotopic (exact) mass is 397 g/mol. The molecule has 3 aromatic rings. The summed E-state index contributed by atoms with van der Waals surface area (Å²) in [5, 5.41) is 13.5. The Morgan fingerprint density at radius 3 is 2.50 bits per heavy atom. The molecule has 0 spiro atoms. The minimum atomic E-state index is -0.290. The van der Waals surface area contributed by atoms with Crippen LogP contribution in [0.25, 0.3) is 11.1 Å². The Hall–Kier alpha value is -3.73. The largest absolute Gasteiger partial charge is 0.508 e. The lowest BCUT2D eigenvalue weighted by molar-refractivity contribution is -0.120. The molecule has 1 aliphatic heterocycles. The highest BCUT2D eigenvalue weighted by Crippen LogP contribution is 2.36. The number of phenols is 1. The van der Waals surface area contributed by atoms with Crippen molar-refractivity contribution in [2.75, 3.05) is 0 Å². The number of hydrogen-bond acceptors (Lipinski definition) is 5. The fourth-order valence-corrected chi connectivity index (χ4v) is 4.10. The van der Waals surface area contributed by atoms with Gasteiger partial charge in [0.2, 0.25) is 0 Å². The lowest BCUT2D eigenvalue weighted by atomic mass is 9.97. The van der Waals surface area contributed by atoms with Crippen LogP contribution >= 0.6 is 0 Å². The van der Waals surface area contributed by atoms with Crippen LogP contribution in [0.4, 0.5) is 0 Å². The van der Waals surface area contributed by atoms with Gasteiger partial charge in [0.15, 0.2) is 5.78 Å². The standard InChI is InChI=1S/C25H19NO4/c27-17-8-6-16(7-9-17)24-14-19(30-26-24)13-18(28)11-15-5-10-21-20-3-1-2-4-22(20)25(29)23(21)12-15/h1-10,12,19,27H,11,13-14H2. The lowest BCUT2D eigenvalue weighted by Gasteiger charge is -2.08. The van der Waals surface area contributed by atoms with Crippen molar-refractivity contribution in [2.24, 2.45) is 5.16 Å². The number of carbonyl (C=O) groups excluding carboxylic acids is 2. The zero-order valence-corrected chi connectivity index (χ0v) is 16.2. The van der Waals surface area contributed by atoms with E-state index in [0.717, 1.165) is 28.0 Å². The first-order valence-electron chi connectivity index (χ1n) is 9.89. The number of hydrogen-bond donors (Lipinski definition) is 1. The predicted molar refractivity (Wildman–Crippen MR) is 113 cm³/mol. The van der Waals surface area contributed by atoms with E-state index in [9.17, 15) is 14.7 Å². The highest BCUT2D eigenvalue weighted by molar-refractivity contribution is 6.21. The third kappa shape index (κ3) is 3.28. The van der Waals surface area contributed by atoms with E-state index in [1.54, 1.807) is 24.3 Å². The molecule has 1 atom stereocenters. The van der Waals surface area contributed by atoms with E-state index in [2.05, 4.69) is 5.16 Å². The molecule has 0 fully saturated rings. The Kier molecular flexibility index (Phi) is 4.43. The smallest absolute Gasteiger partial charge is 0.194 e. The minimum Gasteiger partial charge on any atom is -0.508 e. The van der Waals surface area contributed by atoms with Crippen LogP contribution in [-0.4, -0.2) is 28.5 Å². The third-order valence-electron chi connectivity index (χ3n) is 5.58. The molecule has 1 heterocycles. The van der Waals surface area contributed by atoms with E-state index in [0.29, 0.717) is 17.5 Å². The molecule has 0 radical (unpaired) electrons. The minimum absolute atomic E-state index is 0.0148. The van der Waals surface area contributed by atoms with Gasteiger partial charge in [-0.25, -0.2) is 0 Å². The first-order valence-corrected chi connectivity index (χ1v) is 9.89. The Morgan fingerprint density at radius 1 is 0.967 bits per heavy atom. The van der Waals surface area contributed by atoms with Crippen LogP contribution in [-0.2, 0) is 16.1 Å². The van der Waals surface area contributed by atoms with Gasteiger partial charge in [-0.05, 0) is 52.6 Å². The number of rotatable bonds is 5. The fraction of sp³-hybridized carbons (Fsp3) is 0.160. The van der Waals surface area contributed by atoms with Crippen LogP contribution in [0.2, 0.25) is 0 Å². The Labute approximate surface area is 173 Å². The molecule has 30 heavy (non-hydrogen) atoms. The first-order chi connectivity index (χ1) is 14.6. The zero-order valence-electron chi connectivity index (χ0n) is 16.2. The fourth-order valence-electron chi connectivity index (χ4n) is 4.10. The number of ketones is 2. The topological polar surface area (TPSA) is 76.0 Å². The van der Waals surface area contributed by atoms with Crippen molar-refractivity contribution in [3.05, 3.63) is 89.0 Å². The summed E-state index contributed by atoms with van der Waals surface area (Å²) in [6.45, 7) is 0. The van der Waals surface area contributed by atoms with Crippen molar-refractivity contribution in [1.82, 2.24) is 0 Å². The number of Topliss-reactive ketones (excluding diaryl/α,β-unsaturated/α-hetero) is 1. The van der Waals surface area contributed by atoms with Crippen molar-refractivity contribution < 1.29 is 19.5 Å². The van der Waals surface area contributed by atoms with Crippen LogP contribution in [0.1, 0.15) is 39.9 Å². The summed E-state index contributed by atoms with van der Waals surface area (Å²) in [5.74, 6) is 0.256. The highest BCUT2D eigenvalue weighted by atomic mass is 16.6. The maximum Gasteiger partial charge on any atom is 0.194 e. The highest BCUT2D eigenvalue weighted by Gasteiger charge is 2.27. The number of carbonyl (C=O) groups is 2. The van der Waals surface area contributed by atoms with E-state index in [4.69, 9.17) is 4.84 Å². The van der Waals surface area contributed by atoms with Gasteiger partial charge in [-0.1, -0.05) is 41.6 Å². The number of fused-ring (bicyclic) bond motifs is 3. The van der Waals surface area contributed by atoms with Gasteiger partial charge in [0.1, 0.15) is 17.6 Å². The summed E-state index contributed by atoms with van der Waals surface area (Å²) in [6, 6.07) is 20.0. The Bertz CT molecular complexity index is 1190. The molecule has 0 aromatic heterocycles. The van der Waals surface area contributed by atoms with E-state index < -0.39 is 0 Å². The van der Waals surface area contributed by atoms with Crippen molar-refractivity contribution in [1.29, 1.82) is 0 Å². The molecule has 5 rings (SSSR count). The number of nitrogens with zero attached hydrogens (tertiary/aromatic N) is 1. The van der Waals surface area contributed by atoms with Gasteiger partial charge < -0.3 is 9.94 Å². The van der Waals surface area contributed by atoms with Crippen LogP contribution in [0.5, 0.6) is 5.75 Å². The quantitative estimate of drug-likeness (QED) is 0.545. The summed E-state index contributed by atoms with van der Waals surface area (Å²) in [7, 11) is 0. The summed E-state index contributed by atoms with van der Waals surface area (Å²) in [4.78, 5) is 30.7. The number of oxime groups is 1. The van der Waals surface area contributed by atoms with Gasteiger partial charge in [0, 0.05) is 30.4 Å². The Morgan fingerprint density at radius 2 is 1.70 bits per heavy atom. The second kappa shape index (κ2) is 7.26. The van der Waals surface area contributed by atoms with Gasteiger partial charge in [-0.3, -0.25) is 9.59 Å². The summed E-state index contributed by atoms with van der Waals surface area (Å²) < 4.78 is 0. The molecule has 5 heteroatoms. The maximum absolute atomic E-state index is 12.7. The van der Waals surface area contributed by atoms with E-state index in [1.807, 2.05) is 42.5 Å². The summed E-state index contributed by atoms with van der Waals surface area (Å²) in [6.07, 6.45) is 0.775. The molecule has 5 nitrogen and oxygen atoms in total. The Balaban J connectivity index is 1.23. The van der Waals surface area contributed by atoms with Gasteiger partial charge in [0.05, 0.1) is 5.71 Å². The van der Waals surface area contributed by atoms with Crippen LogP contribution in [0.15, 0.2) is 71.9 Å². The zero-order chi connectivity index (χ0) is 20.7. The molecule has 148 valence electrons. The molecular formula is C25H19NO4. The summed E-state index contributed by atoms with van der Waals surface area (Å²) in [5.41, 5.74) is 5.74. The molecule has 3 aromatic carbocycles. The van der Waals surface area contributed by atoms with Gasteiger partial charge in [0.25, 0.3) is 0 Å². The number of aromatic hydroxyl groups is 1. The molecule has 0 amide bonds. The van der Waals surface area contributed by atoms with Crippen molar-refractivity contribution in [2.45, 2.75) is 25.4 Å². The molecule has 1 aliphatic carbocycles. The van der Waals surface area contributed by atoms with Gasteiger partial charge in [-0.2, -0.15) is 0 Å². The third-order valence-corrected chi connectivity index (χ3v) is 5.58. The van der Waals surface area contributed by atoms with E-state index in [-0.39, 0.29) is 36.3 Å². The second-order valence-electron chi connectivity index (χ2n) is 7.69. The molecule has 2 aliphatic rings. The van der Waals surface area contributed by atoms with Crippen LogP contribution < -0.4 is 0 Å².